The number of ether oxygens (including phenoxy) is 1. The van der Waals surface area contributed by atoms with Crippen molar-refractivity contribution in [3.63, 3.8) is 0 Å². The number of hydrogen-bond acceptors (Lipinski definition) is 9. The molecule has 2 amide bonds. The van der Waals surface area contributed by atoms with Crippen LogP contribution in [0.2, 0.25) is 0 Å². The van der Waals surface area contributed by atoms with Gasteiger partial charge in [0.15, 0.2) is 11.3 Å². The third-order valence-corrected chi connectivity index (χ3v) is 6.30. The molecule has 186 valence electrons. The summed E-state index contributed by atoms with van der Waals surface area (Å²) in [6, 6.07) is 0.810. The van der Waals surface area contributed by atoms with E-state index in [9.17, 15) is 14.0 Å². The first-order valence-electron chi connectivity index (χ1n) is 11.3. The Kier molecular flexibility index (Phi) is 6.84. The molecule has 2 atom stereocenters. The number of hydrogen-bond donors (Lipinski definition) is 2. The molecule has 0 saturated carbocycles. The van der Waals surface area contributed by atoms with E-state index >= 15 is 0 Å². The van der Waals surface area contributed by atoms with Gasteiger partial charge in [0.25, 0.3) is 5.91 Å². The molecule has 0 radical (unpaired) electrons. The minimum absolute atomic E-state index is 0.213. The van der Waals surface area contributed by atoms with Gasteiger partial charge >= 0.3 is 6.09 Å². The average molecular weight is 502 g/mol. The van der Waals surface area contributed by atoms with Gasteiger partial charge in [-0.15, -0.1) is 11.3 Å². The molecule has 2 N–H and O–H groups in total. The molecular formula is C23H28FN7O3S. The normalized spacial score (nSPS) is 16.9. The molecule has 0 aliphatic carbocycles. The zero-order valence-corrected chi connectivity index (χ0v) is 21.1. The Morgan fingerprint density at radius 2 is 2.03 bits per heavy atom. The summed E-state index contributed by atoms with van der Waals surface area (Å²) in [5.74, 6) is -0.495. The van der Waals surface area contributed by atoms with Crippen LogP contribution < -0.4 is 10.6 Å². The SMILES string of the molecule is Cc1nc2nc(N[C@@H](C)c3cncc(F)c3)nc(C(=O)N3CCC(NC(=O)OC(C)(C)C)C3)c2s1. The number of amides is 2. The molecule has 12 heteroatoms. The van der Waals surface area contributed by atoms with Gasteiger partial charge in [-0.1, -0.05) is 0 Å². The van der Waals surface area contributed by atoms with Gasteiger partial charge in [-0.25, -0.2) is 19.2 Å². The van der Waals surface area contributed by atoms with Crippen LogP contribution in [-0.2, 0) is 4.74 Å². The van der Waals surface area contributed by atoms with E-state index in [1.807, 2.05) is 13.8 Å². The molecule has 1 aliphatic heterocycles. The molecule has 1 aliphatic rings. The molecule has 4 heterocycles. The number of halogens is 1. The van der Waals surface area contributed by atoms with Crippen LogP contribution in [-0.4, -0.2) is 61.6 Å². The number of thiazole rings is 1. The van der Waals surface area contributed by atoms with Gasteiger partial charge in [0, 0.05) is 19.3 Å². The summed E-state index contributed by atoms with van der Waals surface area (Å²) in [7, 11) is 0. The van der Waals surface area contributed by atoms with Crippen molar-refractivity contribution < 1.29 is 18.7 Å². The average Bonchev–Trinajstić information content (AvgIpc) is 3.36. The lowest BCUT2D eigenvalue weighted by molar-refractivity contribution is 0.0502. The van der Waals surface area contributed by atoms with Gasteiger partial charge in [0.1, 0.15) is 16.1 Å². The summed E-state index contributed by atoms with van der Waals surface area (Å²) in [6.07, 6.45) is 2.79. The van der Waals surface area contributed by atoms with Crippen molar-refractivity contribution >= 4 is 39.6 Å². The fraction of sp³-hybridized carbons (Fsp3) is 0.478. The molecule has 4 rings (SSSR count). The van der Waals surface area contributed by atoms with Crippen molar-refractivity contribution in [2.24, 2.45) is 0 Å². The number of anilines is 1. The molecule has 1 saturated heterocycles. The molecular weight excluding hydrogens is 473 g/mol. The Bertz CT molecular complexity index is 1260. The minimum Gasteiger partial charge on any atom is -0.444 e. The second-order valence-corrected chi connectivity index (χ2v) is 10.7. The van der Waals surface area contributed by atoms with Crippen molar-refractivity contribution in [2.75, 3.05) is 18.4 Å². The van der Waals surface area contributed by atoms with E-state index in [0.717, 1.165) is 11.2 Å². The molecule has 1 fully saturated rings. The second-order valence-electron chi connectivity index (χ2n) is 9.47. The topological polar surface area (TPSA) is 122 Å². The lowest BCUT2D eigenvalue weighted by atomic mass is 10.1. The van der Waals surface area contributed by atoms with Crippen LogP contribution in [0.5, 0.6) is 0 Å². The summed E-state index contributed by atoms with van der Waals surface area (Å²) in [5.41, 5.74) is 0.675. The monoisotopic (exact) mass is 501 g/mol. The fourth-order valence-electron chi connectivity index (χ4n) is 3.77. The van der Waals surface area contributed by atoms with Crippen LogP contribution in [0, 0.1) is 12.7 Å². The number of aromatic nitrogens is 4. The number of aryl methyl sites for hydroxylation is 1. The predicted octanol–water partition coefficient (Wildman–Crippen LogP) is 3.84. The molecule has 3 aromatic rings. The number of pyridine rings is 1. The van der Waals surface area contributed by atoms with Gasteiger partial charge in [-0.05, 0) is 52.7 Å². The Balaban J connectivity index is 1.53. The van der Waals surface area contributed by atoms with E-state index in [0.29, 0.717) is 35.4 Å². The highest BCUT2D eigenvalue weighted by atomic mass is 32.1. The van der Waals surface area contributed by atoms with E-state index in [1.165, 1.54) is 17.4 Å². The first-order valence-corrected chi connectivity index (χ1v) is 12.1. The molecule has 0 aromatic carbocycles. The van der Waals surface area contributed by atoms with Crippen molar-refractivity contribution in [1.82, 2.24) is 30.2 Å². The van der Waals surface area contributed by atoms with Crippen molar-refractivity contribution in [3.05, 3.63) is 40.5 Å². The molecule has 35 heavy (non-hydrogen) atoms. The number of alkyl carbamates (subject to hydrolysis) is 1. The smallest absolute Gasteiger partial charge is 0.407 e. The highest BCUT2D eigenvalue weighted by Gasteiger charge is 2.32. The quantitative estimate of drug-likeness (QED) is 0.541. The lowest BCUT2D eigenvalue weighted by Gasteiger charge is -2.22. The van der Waals surface area contributed by atoms with Gasteiger partial charge in [0.05, 0.1) is 23.3 Å². The zero-order chi connectivity index (χ0) is 25.3. The third kappa shape index (κ3) is 5.99. The van der Waals surface area contributed by atoms with E-state index < -0.39 is 17.5 Å². The number of likely N-dealkylation sites (tertiary alicyclic amines) is 1. The molecule has 10 nitrogen and oxygen atoms in total. The van der Waals surface area contributed by atoms with Gasteiger partial charge in [-0.2, -0.15) is 4.98 Å². The lowest BCUT2D eigenvalue weighted by Crippen LogP contribution is -2.41. The molecule has 0 bridgehead atoms. The standard InChI is InChI=1S/C23H28FN7O3S/c1-12(14-8-15(24)10-25-9-14)26-21-29-17(18-19(30-21)27-13(2)35-18)20(32)31-7-6-16(11-31)28-22(33)34-23(3,4)5/h8-10,12,16H,6-7,11H2,1-5H3,(H,28,33)(H,26,29,30)/t12-,16?/m0/s1. The van der Waals surface area contributed by atoms with Gasteiger partial charge < -0.3 is 20.3 Å². The maximum atomic E-state index is 13.6. The number of rotatable bonds is 5. The Hall–Kier alpha value is -3.41. The summed E-state index contributed by atoms with van der Waals surface area (Å²) in [6.45, 7) is 9.87. The predicted molar refractivity (Wildman–Crippen MR) is 130 cm³/mol. The first kappa shape index (κ1) is 24.7. The van der Waals surface area contributed by atoms with Crippen LogP contribution in [0.1, 0.15) is 61.2 Å². The van der Waals surface area contributed by atoms with E-state index in [1.54, 1.807) is 31.9 Å². The molecule has 3 aromatic heterocycles. The third-order valence-electron chi connectivity index (χ3n) is 5.33. The van der Waals surface area contributed by atoms with Crippen LogP contribution in [0.25, 0.3) is 10.3 Å². The van der Waals surface area contributed by atoms with E-state index in [4.69, 9.17) is 4.74 Å². The summed E-state index contributed by atoms with van der Waals surface area (Å²) < 4.78 is 19.5. The maximum Gasteiger partial charge on any atom is 0.407 e. The second kappa shape index (κ2) is 9.68. The van der Waals surface area contributed by atoms with Crippen LogP contribution in [0.15, 0.2) is 18.5 Å². The van der Waals surface area contributed by atoms with Crippen molar-refractivity contribution in [1.29, 1.82) is 0 Å². The van der Waals surface area contributed by atoms with Gasteiger partial charge in [-0.3, -0.25) is 9.78 Å². The van der Waals surface area contributed by atoms with Crippen LogP contribution >= 0.6 is 11.3 Å². The van der Waals surface area contributed by atoms with E-state index in [-0.39, 0.29) is 29.6 Å². The fourth-order valence-corrected chi connectivity index (χ4v) is 4.61. The number of nitrogens with one attached hydrogen (secondary N) is 2. The number of carbonyl (C=O) groups excluding carboxylic acids is 2. The summed E-state index contributed by atoms with van der Waals surface area (Å²) in [4.78, 5) is 44.5. The number of fused-ring (bicyclic) bond motifs is 1. The number of carbonyl (C=O) groups is 2. The van der Waals surface area contributed by atoms with Crippen LogP contribution in [0.3, 0.4) is 0 Å². The highest BCUT2D eigenvalue weighted by Crippen LogP contribution is 2.28. The summed E-state index contributed by atoms with van der Waals surface area (Å²) in [5, 5.41) is 6.71. The minimum atomic E-state index is -0.600. The zero-order valence-electron chi connectivity index (χ0n) is 20.3. The largest absolute Gasteiger partial charge is 0.444 e. The number of nitrogens with zero attached hydrogens (tertiary/aromatic N) is 5. The Labute approximate surface area is 206 Å². The Morgan fingerprint density at radius 3 is 2.74 bits per heavy atom. The van der Waals surface area contributed by atoms with Crippen molar-refractivity contribution in [3.8, 4) is 0 Å². The van der Waals surface area contributed by atoms with Crippen LogP contribution in [0.4, 0.5) is 15.1 Å². The molecule has 1 unspecified atom stereocenters. The Morgan fingerprint density at radius 1 is 1.26 bits per heavy atom. The highest BCUT2D eigenvalue weighted by molar-refractivity contribution is 7.18. The first-order chi connectivity index (χ1) is 16.5. The van der Waals surface area contributed by atoms with Crippen molar-refractivity contribution in [2.45, 2.75) is 58.7 Å². The maximum absolute atomic E-state index is 13.6. The van der Waals surface area contributed by atoms with Gasteiger partial charge in [0.2, 0.25) is 5.95 Å². The van der Waals surface area contributed by atoms with E-state index in [2.05, 4.69) is 30.6 Å². The molecule has 0 spiro atoms. The summed E-state index contributed by atoms with van der Waals surface area (Å²) >= 11 is 1.35.